The van der Waals surface area contributed by atoms with E-state index in [4.69, 9.17) is 8.83 Å². The summed E-state index contributed by atoms with van der Waals surface area (Å²) in [4.78, 5) is 4.70. The van der Waals surface area contributed by atoms with Crippen LogP contribution in [-0.2, 0) is 0 Å². The van der Waals surface area contributed by atoms with Crippen LogP contribution < -0.4 is 9.80 Å². The lowest BCUT2D eigenvalue weighted by Crippen LogP contribution is -2.11. The van der Waals surface area contributed by atoms with Gasteiger partial charge >= 0.3 is 0 Å². The smallest absolute Gasteiger partial charge is 0.159 e. The molecule has 0 radical (unpaired) electrons. The van der Waals surface area contributed by atoms with E-state index in [1.807, 2.05) is 0 Å². The zero-order chi connectivity index (χ0) is 53.8. The number of aromatic hydroxyl groups is 1. The van der Waals surface area contributed by atoms with Crippen LogP contribution in [0.2, 0.25) is 0 Å². The number of nitrogens with zero attached hydrogens (tertiary/aromatic N) is 2. The average Bonchev–Trinajstić information content (AvgIpc) is 4.02. The molecule has 0 amide bonds. The standard InChI is InChI=1S/C76H62N2O3/c79-74-61(54-23-9-3-10-24-54)31-16-32-62(74)56-27-15-28-59(47-56)78(58-43-39-53(40-44-58)51-21-7-2-8-22-51)70-49-72-73(65-30-14-13-29-64(65)70)68-46-45-60(48-71(68)80-72)77(57-41-37-52(38-42-57)50-19-5-1-6-20-50)69-36-18-35-67-66-34-17-33-63(75(66)81-76(67)69)55-25-11-4-12-26-55/h1-2,5-8,13-22,27-49,54-55,79H,3-4,9-12,23-26H2. The molecule has 2 fully saturated rings. The number of phenols is 1. The Morgan fingerprint density at radius 3 is 1.51 bits per heavy atom. The maximum absolute atomic E-state index is 12.1. The Labute approximate surface area is 473 Å². The van der Waals surface area contributed by atoms with Crippen LogP contribution in [0.5, 0.6) is 5.75 Å². The number of fused-ring (bicyclic) bond motifs is 8. The highest BCUT2D eigenvalue weighted by molar-refractivity contribution is 6.23. The Morgan fingerprint density at radius 2 is 0.827 bits per heavy atom. The SMILES string of the molecule is Oc1c(-c2cccc(N(c3ccc(-c4ccccc4)cc3)c3cc4oc5cc(N(c6ccc(-c7ccccc7)cc6)c6cccc7c6oc6c(C8CCCCC8)cccc67)ccc5c4c4ccccc34)c2)cccc1C1CCCCC1. The lowest BCUT2D eigenvalue weighted by atomic mass is 9.82. The third-order valence-corrected chi connectivity index (χ3v) is 17.8. The van der Waals surface area contributed by atoms with Crippen molar-refractivity contribution in [1.29, 1.82) is 0 Å². The van der Waals surface area contributed by atoms with Crippen molar-refractivity contribution in [2.24, 2.45) is 0 Å². The molecule has 0 spiro atoms. The van der Waals surface area contributed by atoms with E-state index >= 15 is 0 Å². The minimum Gasteiger partial charge on any atom is -0.507 e. The molecular formula is C76H62N2O3. The van der Waals surface area contributed by atoms with E-state index in [9.17, 15) is 5.11 Å². The Bertz CT molecular complexity index is 4430. The van der Waals surface area contributed by atoms with Gasteiger partial charge in [0.05, 0.1) is 17.1 Å². The normalized spacial score (nSPS) is 14.4. The molecule has 1 N–H and O–H groups in total. The maximum Gasteiger partial charge on any atom is 0.159 e. The summed E-state index contributed by atoms with van der Waals surface area (Å²) in [5.74, 6) is 1.27. The molecule has 0 aliphatic heterocycles. The predicted octanol–water partition coefficient (Wildman–Crippen LogP) is 22.4. The number of rotatable bonds is 11. The number of anilines is 6. The molecule has 0 bridgehead atoms. The van der Waals surface area contributed by atoms with Crippen molar-refractivity contribution in [3.63, 3.8) is 0 Å². The Balaban J connectivity index is 0.895. The largest absolute Gasteiger partial charge is 0.507 e. The summed E-state index contributed by atoms with van der Waals surface area (Å²) in [6.07, 6.45) is 12.1. The van der Waals surface area contributed by atoms with Crippen LogP contribution in [-0.4, -0.2) is 5.11 Å². The molecule has 2 saturated carbocycles. The average molecular weight is 1050 g/mol. The highest BCUT2D eigenvalue weighted by Crippen LogP contribution is 2.50. The van der Waals surface area contributed by atoms with Gasteiger partial charge in [0.25, 0.3) is 0 Å². The molecule has 2 aliphatic carbocycles. The fraction of sp³-hybridized carbons (Fsp3) is 0.158. The molecule has 0 atom stereocenters. The van der Waals surface area contributed by atoms with E-state index in [1.165, 1.54) is 73.4 Å². The second-order valence-electron chi connectivity index (χ2n) is 22.5. The van der Waals surface area contributed by atoms with Gasteiger partial charge in [-0.1, -0.05) is 208 Å². The van der Waals surface area contributed by atoms with Crippen LogP contribution in [0.4, 0.5) is 34.1 Å². The molecule has 2 aromatic heterocycles. The number of para-hydroxylation sites is 3. The highest BCUT2D eigenvalue weighted by atomic mass is 16.3. The third-order valence-electron chi connectivity index (χ3n) is 17.8. The lowest BCUT2D eigenvalue weighted by Gasteiger charge is -2.28. The molecule has 81 heavy (non-hydrogen) atoms. The summed E-state index contributed by atoms with van der Waals surface area (Å²) < 4.78 is 14.4. The third kappa shape index (κ3) is 8.80. The Kier molecular flexibility index (Phi) is 12.5. The van der Waals surface area contributed by atoms with Crippen molar-refractivity contribution < 1.29 is 13.9 Å². The monoisotopic (exact) mass is 1050 g/mol. The fourth-order valence-electron chi connectivity index (χ4n) is 13.7. The summed E-state index contributed by atoms with van der Waals surface area (Å²) in [6, 6.07) is 84.9. The summed E-state index contributed by atoms with van der Waals surface area (Å²) in [5.41, 5.74) is 18.3. The van der Waals surface area contributed by atoms with E-state index in [-0.39, 0.29) is 0 Å². The second-order valence-corrected chi connectivity index (χ2v) is 22.5. The van der Waals surface area contributed by atoms with Crippen molar-refractivity contribution >= 4 is 88.8 Å². The van der Waals surface area contributed by atoms with Gasteiger partial charge in [-0.3, -0.25) is 0 Å². The number of phenolic OH excluding ortho intramolecular Hbond substituents is 1. The summed E-state index contributed by atoms with van der Waals surface area (Å²) in [5, 5.41) is 18.7. The first-order valence-corrected chi connectivity index (χ1v) is 29.3. The maximum atomic E-state index is 12.1. The van der Waals surface area contributed by atoms with Crippen molar-refractivity contribution in [2.75, 3.05) is 9.80 Å². The van der Waals surface area contributed by atoms with Gasteiger partial charge in [-0.15, -0.1) is 0 Å². The van der Waals surface area contributed by atoms with Gasteiger partial charge in [0.15, 0.2) is 5.58 Å². The molecule has 394 valence electrons. The molecule has 2 aliphatic rings. The Hall–Kier alpha value is -9.32. The van der Waals surface area contributed by atoms with Gasteiger partial charge < -0.3 is 23.7 Å². The van der Waals surface area contributed by atoms with Crippen LogP contribution in [0.3, 0.4) is 0 Å². The minimum atomic E-state index is 0.374. The first-order chi connectivity index (χ1) is 40.1. The highest BCUT2D eigenvalue weighted by Gasteiger charge is 2.27. The molecule has 5 nitrogen and oxygen atoms in total. The van der Waals surface area contributed by atoms with E-state index in [2.05, 4.69) is 246 Å². The van der Waals surface area contributed by atoms with Gasteiger partial charge in [0, 0.05) is 61.7 Å². The van der Waals surface area contributed by atoms with Gasteiger partial charge in [-0.25, -0.2) is 0 Å². The zero-order valence-corrected chi connectivity index (χ0v) is 45.4. The number of benzene rings is 11. The Morgan fingerprint density at radius 1 is 0.321 bits per heavy atom. The first-order valence-electron chi connectivity index (χ1n) is 29.3. The quantitative estimate of drug-likeness (QED) is 0.140. The van der Waals surface area contributed by atoms with Crippen molar-refractivity contribution in [3.05, 3.63) is 248 Å². The number of hydrogen-bond donors (Lipinski definition) is 1. The van der Waals surface area contributed by atoms with E-state index in [0.717, 1.165) is 124 Å². The van der Waals surface area contributed by atoms with Crippen LogP contribution in [0, 0.1) is 0 Å². The molecule has 15 rings (SSSR count). The second kappa shape index (κ2) is 20.7. The lowest BCUT2D eigenvalue weighted by molar-refractivity contribution is 0.415. The summed E-state index contributed by atoms with van der Waals surface area (Å²) in [6.45, 7) is 0. The van der Waals surface area contributed by atoms with Gasteiger partial charge in [-0.2, -0.15) is 0 Å². The summed E-state index contributed by atoms with van der Waals surface area (Å²) in [7, 11) is 0. The number of hydrogen-bond acceptors (Lipinski definition) is 5. The topological polar surface area (TPSA) is 53.0 Å². The van der Waals surface area contributed by atoms with Crippen molar-refractivity contribution in [2.45, 2.75) is 76.0 Å². The van der Waals surface area contributed by atoms with E-state index in [0.29, 0.717) is 17.6 Å². The van der Waals surface area contributed by atoms with Crippen LogP contribution >= 0.6 is 0 Å². The molecular weight excluding hydrogens is 989 g/mol. The fourth-order valence-corrected chi connectivity index (χ4v) is 13.7. The van der Waals surface area contributed by atoms with E-state index in [1.54, 1.807) is 0 Å². The van der Waals surface area contributed by atoms with Crippen LogP contribution in [0.25, 0.3) is 88.0 Å². The van der Waals surface area contributed by atoms with Crippen molar-refractivity contribution in [3.8, 4) is 39.1 Å². The van der Waals surface area contributed by atoms with Gasteiger partial charge in [-0.05, 0) is 136 Å². The summed E-state index contributed by atoms with van der Waals surface area (Å²) >= 11 is 0. The van der Waals surface area contributed by atoms with Gasteiger partial charge in [0.1, 0.15) is 22.5 Å². The van der Waals surface area contributed by atoms with Crippen LogP contribution in [0.1, 0.15) is 87.2 Å². The van der Waals surface area contributed by atoms with Crippen molar-refractivity contribution in [1.82, 2.24) is 0 Å². The molecule has 2 heterocycles. The minimum absolute atomic E-state index is 0.374. The number of furan rings is 2. The molecule has 11 aromatic carbocycles. The predicted molar refractivity (Wildman–Crippen MR) is 337 cm³/mol. The first kappa shape index (κ1) is 48.8. The van der Waals surface area contributed by atoms with Gasteiger partial charge in [0.2, 0.25) is 0 Å². The molecule has 5 heteroatoms. The molecule has 0 saturated heterocycles. The molecule has 13 aromatic rings. The van der Waals surface area contributed by atoms with Crippen LogP contribution in [0.15, 0.2) is 245 Å². The van der Waals surface area contributed by atoms with E-state index < -0.39 is 0 Å². The molecule has 0 unspecified atom stereocenters. The zero-order valence-electron chi connectivity index (χ0n) is 45.4.